The largest absolute Gasteiger partial charge is 0.419 e. The lowest BCUT2D eigenvalue weighted by molar-refractivity contribution is 0.101. The number of carbonyl (C=O) groups is 1. The number of rotatable bonds is 7. The molecule has 0 radical (unpaired) electrons. The van der Waals surface area contributed by atoms with Crippen molar-refractivity contribution in [1.29, 1.82) is 0 Å². The maximum Gasteiger partial charge on any atom is 0.419 e. The molecule has 3 aromatic heterocycles. The SMILES string of the molecule is CN(C)CCn1c(=O)oc2ccc(NC(=O)c3nc(-c4cccs4)n(-c4ccc(F)cc4)n3)cc21. The van der Waals surface area contributed by atoms with E-state index in [9.17, 15) is 14.0 Å². The molecule has 35 heavy (non-hydrogen) atoms. The first-order valence-electron chi connectivity index (χ1n) is 10.8. The zero-order valence-corrected chi connectivity index (χ0v) is 19.8. The predicted molar refractivity (Wildman–Crippen MR) is 132 cm³/mol. The Labute approximate surface area is 203 Å². The molecule has 0 aliphatic rings. The molecule has 0 saturated heterocycles. The average molecular weight is 493 g/mol. The highest BCUT2D eigenvalue weighted by atomic mass is 32.1. The Balaban J connectivity index is 1.47. The molecule has 2 aromatic carbocycles. The predicted octanol–water partition coefficient (Wildman–Crippen LogP) is 3.86. The highest BCUT2D eigenvalue weighted by Crippen LogP contribution is 2.26. The molecule has 0 bridgehead atoms. The Morgan fingerprint density at radius 1 is 1.17 bits per heavy atom. The fourth-order valence-electron chi connectivity index (χ4n) is 3.57. The van der Waals surface area contributed by atoms with Crippen molar-refractivity contribution in [2.24, 2.45) is 0 Å². The molecule has 0 spiro atoms. The summed E-state index contributed by atoms with van der Waals surface area (Å²) < 4.78 is 21.8. The van der Waals surface area contributed by atoms with E-state index in [0.29, 0.717) is 41.4 Å². The van der Waals surface area contributed by atoms with Crippen LogP contribution in [0.3, 0.4) is 0 Å². The fourth-order valence-corrected chi connectivity index (χ4v) is 4.27. The van der Waals surface area contributed by atoms with E-state index >= 15 is 0 Å². The molecule has 1 amide bonds. The molecule has 5 rings (SSSR count). The first kappa shape index (κ1) is 22.7. The van der Waals surface area contributed by atoms with Crippen molar-refractivity contribution in [3.8, 4) is 16.4 Å². The van der Waals surface area contributed by atoms with Gasteiger partial charge in [0, 0.05) is 18.8 Å². The molecule has 0 unspecified atom stereocenters. The van der Waals surface area contributed by atoms with Crippen LogP contribution < -0.4 is 11.1 Å². The zero-order valence-electron chi connectivity index (χ0n) is 18.9. The molecule has 9 nitrogen and oxygen atoms in total. The summed E-state index contributed by atoms with van der Waals surface area (Å²) in [5, 5.41) is 9.09. The lowest BCUT2D eigenvalue weighted by Gasteiger charge is -2.09. The number of carbonyl (C=O) groups excluding carboxylic acids is 1. The molecule has 0 aliphatic carbocycles. The smallest absolute Gasteiger partial charge is 0.408 e. The number of likely N-dealkylation sites (N-methyl/N-ethyl adjacent to an activating group) is 1. The van der Waals surface area contributed by atoms with E-state index < -0.39 is 11.7 Å². The number of anilines is 1. The summed E-state index contributed by atoms with van der Waals surface area (Å²) in [5.41, 5.74) is 2.06. The van der Waals surface area contributed by atoms with Crippen molar-refractivity contribution in [3.05, 3.63) is 82.2 Å². The van der Waals surface area contributed by atoms with E-state index in [1.54, 1.807) is 30.3 Å². The van der Waals surface area contributed by atoms with E-state index in [2.05, 4.69) is 15.4 Å². The lowest BCUT2D eigenvalue weighted by atomic mass is 10.2. The normalized spacial score (nSPS) is 11.4. The lowest BCUT2D eigenvalue weighted by Crippen LogP contribution is -2.23. The number of hydrogen-bond donors (Lipinski definition) is 1. The van der Waals surface area contributed by atoms with E-state index in [1.807, 2.05) is 36.5 Å². The van der Waals surface area contributed by atoms with Crippen LogP contribution in [-0.4, -0.2) is 50.8 Å². The van der Waals surface area contributed by atoms with Gasteiger partial charge in [-0.1, -0.05) is 6.07 Å². The van der Waals surface area contributed by atoms with Crippen LogP contribution in [-0.2, 0) is 6.54 Å². The molecule has 11 heteroatoms. The zero-order chi connectivity index (χ0) is 24.5. The number of oxazole rings is 1. The average Bonchev–Trinajstić information content (AvgIpc) is 3.56. The second-order valence-corrected chi connectivity index (χ2v) is 9.03. The van der Waals surface area contributed by atoms with Crippen molar-refractivity contribution >= 4 is 34.0 Å². The van der Waals surface area contributed by atoms with E-state index in [1.165, 1.54) is 32.7 Å². The second kappa shape index (κ2) is 9.28. The first-order valence-corrected chi connectivity index (χ1v) is 11.6. The number of nitrogens with one attached hydrogen (secondary N) is 1. The van der Waals surface area contributed by atoms with Gasteiger partial charge in [0.05, 0.1) is 16.1 Å². The maximum atomic E-state index is 13.4. The third-order valence-electron chi connectivity index (χ3n) is 5.32. The fraction of sp³-hybridized carbons (Fsp3) is 0.167. The molecular formula is C24H21FN6O3S. The van der Waals surface area contributed by atoms with Gasteiger partial charge in [-0.2, -0.15) is 0 Å². The highest BCUT2D eigenvalue weighted by Gasteiger charge is 2.20. The Bertz CT molecular complexity index is 1550. The van der Waals surface area contributed by atoms with Crippen molar-refractivity contribution < 1.29 is 13.6 Å². The molecule has 0 aliphatic heterocycles. The van der Waals surface area contributed by atoms with E-state index in [4.69, 9.17) is 4.42 Å². The minimum absolute atomic E-state index is 0.0463. The van der Waals surface area contributed by atoms with Gasteiger partial charge in [-0.3, -0.25) is 9.36 Å². The van der Waals surface area contributed by atoms with Crippen molar-refractivity contribution in [2.75, 3.05) is 26.0 Å². The molecule has 1 N–H and O–H groups in total. The second-order valence-electron chi connectivity index (χ2n) is 8.08. The Kier molecular flexibility index (Phi) is 6.01. The van der Waals surface area contributed by atoms with Crippen LogP contribution in [0.25, 0.3) is 27.5 Å². The molecule has 5 aromatic rings. The summed E-state index contributed by atoms with van der Waals surface area (Å²) in [6.45, 7) is 1.10. The summed E-state index contributed by atoms with van der Waals surface area (Å²) in [6.07, 6.45) is 0. The maximum absolute atomic E-state index is 13.4. The monoisotopic (exact) mass is 492 g/mol. The minimum atomic E-state index is -0.520. The van der Waals surface area contributed by atoms with Crippen LogP contribution >= 0.6 is 11.3 Å². The van der Waals surface area contributed by atoms with Crippen molar-refractivity contribution in [1.82, 2.24) is 24.2 Å². The number of halogens is 1. The van der Waals surface area contributed by atoms with Crippen LogP contribution in [0.1, 0.15) is 10.6 Å². The molecule has 178 valence electrons. The summed E-state index contributed by atoms with van der Waals surface area (Å²) in [6, 6.07) is 14.5. The Hall–Kier alpha value is -4.09. The number of nitrogens with zero attached hydrogens (tertiary/aromatic N) is 5. The van der Waals surface area contributed by atoms with Gasteiger partial charge in [0.1, 0.15) is 5.82 Å². The molecule has 0 fully saturated rings. The Morgan fingerprint density at radius 2 is 1.97 bits per heavy atom. The molecule has 0 atom stereocenters. The van der Waals surface area contributed by atoms with Gasteiger partial charge in [-0.05, 0) is 68.0 Å². The van der Waals surface area contributed by atoms with E-state index in [-0.39, 0.29) is 11.6 Å². The van der Waals surface area contributed by atoms with Gasteiger partial charge in [0.15, 0.2) is 11.4 Å². The number of hydrogen-bond acceptors (Lipinski definition) is 7. The Morgan fingerprint density at radius 3 is 2.69 bits per heavy atom. The molecular weight excluding hydrogens is 471 g/mol. The van der Waals surface area contributed by atoms with Gasteiger partial charge in [-0.25, -0.2) is 18.9 Å². The summed E-state index contributed by atoms with van der Waals surface area (Å²) in [7, 11) is 3.84. The topological polar surface area (TPSA) is 98.2 Å². The highest BCUT2D eigenvalue weighted by molar-refractivity contribution is 7.13. The number of thiophene rings is 1. The van der Waals surface area contributed by atoms with Crippen molar-refractivity contribution in [3.63, 3.8) is 0 Å². The van der Waals surface area contributed by atoms with Gasteiger partial charge in [-0.15, -0.1) is 16.4 Å². The van der Waals surface area contributed by atoms with Gasteiger partial charge < -0.3 is 14.6 Å². The van der Waals surface area contributed by atoms with Crippen LogP contribution in [0.15, 0.2) is 69.2 Å². The van der Waals surface area contributed by atoms with Crippen molar-refractivity contribution in [2.45, 2.75) is 6.54 Å². The van der Waals surface area contributed by atoms with Gasteiger partial charge >= 0.3 is 5.76 Å². The summed E-state index contributed by atoms with van der Waals surface area (Å²) >= 11 is 1.45. The standard InChI is InChI=1S/C24H21FN6O3S/c1-29(2)11-12-30-18-14-16(7-10-19(18)34-24(30)33)26-23(32)21-27-22(20-4-3-13-35-20)31(28-21)17-8-5-15(25)6-9-17/h3-10,13-14H,11-12H2,1-2H3,(H,26,32). The van der Waals surface area contributed by atoms with Crippen LogP contribution in [0, 0.1) is 5.82 Å². The van der Waals surface area contributed by atoms with E-state index in [0.717, 1.165) is 4.88 Å². The molecule has 3 heterocycles. The van der Waals surface area contributed by atoms with Gasteiger partial charge in [0.25, 0.3) is 5.91 Å². The first-order chi connectivity index (χ1) is 16.9. The quantitative estimate of drug-likeness (QED) is 0.371. The third kappa shape index (κ3) is 4.63. The number of benzene rings is 2. The number of aromatic nitrogens is 4. The van der Waals surface area contributed by atoms with Crippen LogP contribution in [0.2, 0.25) is 0 Å². The third-order valence-corrected chi connectivity index (χ3v) is 6.18. The number of fused-ring (bicyclic) bond motifs is 1. The van der Waals surface area contributed by atoms with Crippen LogP contribution in [0.5, 0.6) is 0 Å². The summed E-state index contributed by atoms with van der Waals surface area (Å²) in [5.74, 6) is -0.919. The summed E-state index contributed by atoms with van der Waals surface area (Å²) in [4.78, 5) is 32.6. The number of amides is 1. The molecule has 0 saturated carbocycles. The van der Waals surface area contributed by atoms with Crippen LogP contribution in [0.4, 0.5) is 10.1 Å². The minimum Gasteiger partial charge on any atom is -0.408 e. The van der Waals surface area contributed by atoms with Gasteiger partial charge in [0.2, 0.25) is 5.82 Å².